The zero-order valence-corrected chi connectivity index (χ0v) is 9.64. The Balaban J connectivity index is 4.16. The van der Waals surface area contributed by atoms with E-state index in [0.29, 0.717) is 6.61 Å². The van der Waals surface area contributed by atoms with Gasteiger partial charge in [0.25, 0.3) is 0 Å². The summed E-state index contributed by atoms with van der Waals surface area (Å²) in [6.07, 6.45) is 5.92. The molecule has 2 heteroatoms. The Kier molecular flexibility index (Phi) is 6.26. The van der Waals surface area contributed by atoms with Gasteiger partial charge >= 0.3 is 5.97 Å². The smallest absolute Gasteiger partial charge is 0.315 e. The lowest BCUT2D eigenvalue weighted by Gasteiger charge is -2.22. The molecule has 1 atom stereocenters. The fraction of sp³-hybridized carbons (Fsp3) is 0.750. The molecule has 0 aliphatic carbocycles. The van der Waals surface area contributed by atoms with Crippen molar-refractivity contribution in [3.05, 3.63) is 12.7 Å². The zero-order valence-electron chi connectivity index (χ0n) is 9.64. The summed E-state index contributed by atoms with van der Waals surface area (Å²) in [7, 11) is 0. The van der Waals surface area contributed by atoms with Gasteiger partial charge in [0, 0.05) is 0 Å². The van der Waals surface area contributed by atoms with E-state index in [1.807, 2.05) is 13.8 Å². The summed E-state index contributed by atoms with van der Waals surface area (Å²) in [6.45, 7) is 10.0. The van der Waals surface area contributed by atoms with Gasteiger partial charge in [0.2, 0.25) is 0 Å². The Morgan fingerprint density at radius 3 is 2.50 bits per heavy atom. The molecule has 2 nitrogen and oxygen atoms in total. The second-order valence-electron chi connectivity index (χ2n) is 3.80. The van der Waals surface area contributed by atoms with Crippen LogP contribution in [-0.4, -0.2) is 12.6 Å². The third-order valence-corrected chi connectivity index (χ3v) is 2.49. The van der Waals surface area contributed by atoms with Crippen molar-refractivity contribution in [3.63, 3.8) is 0 Å². The van der Waals surface area contributed by atoms with Crippen molar-refractivity contribution < 1.29 is 9.53 Å². The molecule has 0 N–H and O–H groups in total. The lowest BCUT2D eigenvalue weighted by Crippen LogP contribution is -2.27. The molecule has 0 bridgehead atoms. The van der Waals surface area contributed by atoms with Gasteiger partial charge in [-0.05, 0) is 20.3 Å². The van der Waals surface area contributed by atoms with Gasteiger partial charge in [-0.2, -0.15) is 0 Å². The quantitative estimate of drug-likeness (QED) is 0.356. The predicted octanol–water partition coefficient (Wildman–Crippen LogP) is 3.32. The SMILES string of the molecule is C=CC(C)(CCCCC)C(=O)OCC. The van der Waals surface area contributed by atoms with Crippen LogP contribution in [0.1, 0.15) is 46.5 Å². The fourth-order valence-electron chi connectivity index (χ4n) is 1.33. The van der Waals surface area contributed by atoms with E-state index in [1.54, 1.807) is 6.08 Å². The highest BCUT2D eigenvalue weighted by atomic mass is 16.5. The van der Waals surface area contributed by atoms with E-state index < -0.39 is 5.41 Å². The van der Waals surface area contributed by atoms with E-state index in [2.05, 4.69) is 13.5 Å². The maximum absolute atomic E-state index is 11.6. The summed E-state index contributed by atoms with van der Waals surface area (Å²) < 4.78 is 5.02. The normalized spacial score (nSPS) is 14.5. The number of hydrogen-bond acceptors (Lipinski definition) is 2. The van der Waals surface area contributed by atoms with Gasteiger partial charge in [-0.25, -0.2) is 0 Å². The second-order valence-corrected chi connectivity index (χ2v) is 3.80. The summed E-state index contributed by atoms with van der Waals surface area (Å²) in [5.74, 6) is -0.147. The van der Waals surface area contributed by atoms with Crippen LogP contribution in [0.5, 0.6) is 0 Å². The molecule has 0 rings (SSSR count). The first-order valence-corrected chi connectivity index (χ1v) is 5.41. The highest BCUT2D eigenvalue weighted by Crippen LogP contribution is 2.27. The average molecular weight is 198 g/mol. The van der Waals surface area contributed by atoms with Gasteiger partial charge in [-0.1, -0.05) is 32.3 Å². The number of carbonyl (C=O) groups is 1. The molecule has 1 unspecified atom stereocenters. The number of unbranched alkanes of at least 4 members (excludes halogenated alkanes) is 2. The first kappa shape index (κ1) is 13.2. The summed E-state index contributed by atoms with van der Waals surface area (Å²) in [5, 5.41) is 0. The summed E-state index contributed by atoms with van der Waals surface area (Å²) in [5.41, 5.74) is -0.495. The Morgan fingerprint density at radius 1 is 1.43 bits per heavy atom. The van der Waals surface area contributed by atoms with Gasteiger partial charge in [0.15, 0.2) is 0 Å². The van der Waals surface area contributed by atoms with Gasteiger partial charge in [0.05, 0.1) is 12.0 Å². The standard InChI is InChI=1S/C12H22O2/c1-5-8-9-10-12(4,6-2)11(13)14-7-3/h6H,2,5,7-10H2,1,3-4H3. The van der Waals surface area contributed by atoms with E-state index in [1.165, 1.54) is 0 Å². The number of ether oxygens (including phenoxy) is 1. The Morgan fingerprint density at radius 2 is 2.07 bits per heavy atom. The number of carbonyl (C=O) groups excluding carboxylic acids is 1. The van der Waals surface area contributed by atoms with Crippen LogP contribution < -0.4 is 0 Å². The number of rotatable bonds is 7. The van der Waals surface area contributed by atoms with Crippen LogP contribution in [0.3, 0.4) is 0 Å². The lowest BCUT2D eigenvalue weighted by atomic mass is 9.85. The van der Waals surface area contributed by atoms with Crippen molar-refractivity contribution >= 4 is 5.97 Å². The van der Waals surface area contributed by atoms with Gasteiger partial charge in [-0.15, -0.1) is 6.58 Å². The first-order chi connectivity index (χ1) is 6.60. The van der Waals surface area contributed by atoms with Gasteiger partial charge in [0.1, 0.15) is 0 Å². The molecule has 0 aromatic rings. The minimum atomic E-state index is -0.495. The van der Waals surface area contributed by atoms with Crippen molar-refractivity contribution in [1.29, 1.82) is 0 Å². The van der Waals surface area contributed by atoms with Crippen LogP contribution in [0.25, 0.3) is 0 Å². The molecule has 14 heavy (non-hydrogen) atoms. The zero-order chi connectivity index (χ0) is 11.0. The van der Waals surface area contributed by atoms with Crippen LogP contribution in [-0.2, 0) is 9.53 Å². The molecular weight excluding hydrogens is 176 g/mol. The molecule has 0 fully saturated rings. The fourth-order valence-corrected chi connectivity index (χ4v) is 1.33. The molecule has 0 radical (unpaired) electrons. The molecule has 0 spiro atoms. The highest BCUT2D eigenvalue weighted by molar-refractivity contribution is 5.78. The van der Waals surface area contributed by atoms with Crippen molar-refractivity contribution in [2.45, 2.75) is 46.5 Å². The lowest BCUT2D eigenvalue weighted by molar-refractivity contribution is -0.151. The van der Waals surface area contributed by atoms with Crippen LogP contribution in [0.15, 0.2) is 12.7 Å². The molecule has 82 valence electrons. The van der Waals surface area contributed by atoms with Crippen LogP contribution in [0, 0.1) is 5.41 Å². The van der Waals surface area contributed by atoms with E-state index in [-0.39, 0.29) is 5.97 Å². The van der Waals surface area contributed by atoms with E-state index in [0.717, 1.165) is 25.7 Å². The monoisotopic (exact) mass is 198 g/mol. The van der Waals surface area contributed by atoms with Crippen molar-refractivity contribution in [2.24, 2.45) is 5.41 Å². The van der Waals surface area contributed by atoms with Crippen molar-refractivity contribution in [2.75, 3.05) is 6.61 Å². The van der Waals surface area contributed by atoms with Gasteiger partial charge in [-0.3, -0.25) is 4.79 Å². The summed E-state index contributed by atoms with van der Waals surface area (Å²) in [6, 6.07) is 0. The van der Waals surface area contributed by atoms with Crippen LogP contribution in [0.4, 0.5) is 0 Å². The summed E-state index contributed by atoms with van der Waals surface area (Å²) >= 11 is 0. The molecule has 0 heterocycles. The minimum Gasteiger partial charge on any atom is -0.465 e. The maximum Gasteiger partial charge on any atom is 0.315 e. The Hall–Kier alpha value is -0.790. The van der Waals surface area contributed by atoms with Crippen LogP contribution in [0.2, 0.25) is 0 Å². The molecule has 0 saturated carbocycles. The molecule has 0 amide bonds. The maximum atomic E-state index is 11.6. The Labute approximate surface area is 87.3 Å². The topological polar surface area (TPSA) is 26.3 Å². The van der Waals surface area contributed by atoms with E-state index in [4.69, 9.17) is 4.74 Å². The second kappa shape index (κ2) is 6.63. The number of esters is 1. The molecular formula is C12H22O2. The first-order valence-electron chi connectivity index (χ1n) is 5.41. The molecule has 0 aromatic carbocycles. The average Bonchev–Trinajstić information content (AvgIpc) is 2.18. The highest BCUT2D eigenvalue weighted by Gasteiger charge is 2.30. The van der Waals surface area contributed by atoms with E-state index in [9.17, 15) is 4.79 Å². The van der Waals surface area contributed by atoms with Gasteiger partial charge < -0.3 is 4.74 Å². The molecule has 0 aliphatic rings. The largest absolute Gasteiger partial charge is 0.465 e. The number of hydrogen-bond donors (Lipinski definition) is 0. The van der Waals surface area contributed by atoms with Crippen molar-refractivity contribution in [3.8, 4) is 0 Å². The van der Waals surface area contributed by atoms with Crippen molar-refractivity contribution in [1.82, 2.24) is 0 Å². The molecule has 0 saturated heterocycles. The molecule has 0 aliphatic heterocycles. The third-order valence-electron chi connectivity index (χ3n) is 2.49. The van der Waals surface area contributed by atoms with Crippen LogP contribution >= 0.6 is 0 Å². The minimum absolute atomic E-state index is 0.147. The predicted molar refractivity (Wildman–Crippen MR) is 59.1 cm³/mol. The molecule has 0 aromatic heterocycles. The Bertz CT molecular complexity index is 187. The third kappa shape index (κ3) is 3.95. The van der Waals surface area contributed by atoms with E-state index >= 15 is 0 Å². The summed E-state index contributed by atoms with van der Waals surface area (Å²) in [4.78, 5) is 11.6.